The Hall–Kier alpha value is -3.46. The lowest BCUT2D eigenvalue weighted by atomic mass is 10.1. The number of hydrogen-bond donors (Lipinski definition) is 0. The van der Waals surface area contributed by atoms with Crippen LogP contribution in [0.2, 0.25) is 0 Å². The summed E-state index contributed by atoms with van der Waals surface area (Å²) in [4.78, 5) is 13.8. The third-order valence-corrected chi connectivity index (χ3v) is 3.58. The van der Waals surface area contributed by atoms with E-state index in [0.29, 0.717) is 11.5 Å². The predicted octanol–water partition coefficient (Wildman–Crippen LogP) is 2.39. The minimum atomic E-state index is -0.173. The molecule has 0 aromatic heterocycles. The number of hydrogen-bond acceptors (Lipinski definition) is 5. The minimum Gasteiger partial charge on any atom is -0.479 e. The summed E-state index contributed by atoms with van der Waals surface area (Å²) in [5.74, 6) is 0.440. The van der Waals surface area contributed by atoms with Crippen LogP contribution in [0, 0.1) is 11.3 Å². The average molecular weight is 318 g/mol. The molecule has 24 heavy (non-hydrogen) atoms. The quantitative estimate of drug-likeness (QED) is 0.641. The van der Waals surface area contributed by atoms with Gasteiger partial charge >= 0.3 is 0 Å². The Morgan fingerprint density at radius 2 is 1.96 bits per heavy atom. The van der Waals surface area contributed by atoms with E-state index in [-0.39, 0.29) is 12.5 Å². The highest BCUT2D eigenvalue weighted by Gasteiger charge is 2.30. The lowest BCUT2D eigenvalue weighted by Gasteiger charge is -2.07. The van der Waals surface area contributed by atoms with Crippen molar-refractivity contribution in [3.8, 4) is 11.8 Å². The Labute approximate surface area is 139 Å². The number of nitriles is 1. The third kappa shape index (κ3) is 3.01. The smallest absolute Gasteiger partial charge is 0.279 e. The van der Waals surface area contributed by atoms with Crippen LogP contribution in [0.1, 0.15) is 11.1 Å². The maximum Gasteiger partial charge on any atom is 0.279 e. The lowest BCUT2D eigenvalue weighted by Crippen LogP contribution is -2.25. The number of nitrogens with zero attached hydrogens (tertiary/aromatic N) is 4. The van der Waals surface area contributed by atoms with E-state index in [4.69, 9.17) is 10.00 Å². The van der Waals surface area contributed by atoms with E-state index >= 15 is 0 Å². The van der Waals surface area contributed by atoms with Gasteiger partial charge in [0.1, 0.15) is 11.8 Å². The molecule has 1 aliphatic rings. The molecule has 3 rings (SSSR count). The van der Waals surface area contributed by atoms with Crippen molar-refractivity contribution in [2.75, 3.05) is 18.6 Å². The van der Waals surface area contributed by atoms with Gasteiger partial charge in [0.15, 0.2) is 12.3 Å². The molecule has 0 unspecified atom stereocenters. The summed E-state index contributed by atoms with van der Waals surface area (Å²) in [5, 5.41) is 16.6. The number of anilines is 1. The molecule has 0 saturated heterocycles. The van der Waals surface area contributed by atoms with Crippen LogP contribution in [0.25, 0.3) is 0 Å². The second kappa shape index (κ2) is 6.75. The molecule has 0 radical (unpaired) electrons. The average Bonchev–Trinajstić information content (AvgIpc) is 2.86. The molecule has 1 heterocycles. The first kappa shape index (κ1) is 15.4. The van der Waals surface area contributed by atoms with Crippen LogP contribution in [-0.4, -0.2) is 31.5 Å². The van der Waals surface area contributed by atoms with E-state index < -0.39 is 0 Å². The Bertz CT molecular complexity index is 863. The molecule has 2 aromatic carbocycles. The van der Waals surface area contributed by atoms with Gasteiger partial charge in [-0.1, -0.05) is 18.2 Å². The Morgan fingerprint density at radius 1 is 1.21 bits per heavy atom. The molecule has 0 atom stereocenters. The number of benzene rings is 2. The maximum absolute atomic E-state index is 12.2. The normalized spacial score (nSPS) is 14.9. The topological polar surface area (TPSA) is 78.1 Å². The van der Waals surface area contributed by atoms with Crippen molar-refractivity contribution in [1.82, 2.24) is 0 Å². The first-order valence-corrected chi connectivity index (χ1v) is 7.29. The number of amides is 1. The van der Waals surface area contributed by atoms with Gasteiger partial charge in [0.05, 0.1) is 11.9 Å². The molecule has 0 fully saturated rings. The highest BCUT2D eigenvalue weighted by Crippen LogP contribution is 2.27. The van der Waals surface area contributed by atoms with Gasteiger partial charge in [-0.2, -0.15) is 10.4 Å². The monoisotopic (exact) mass is 318 g/mol. The third-order valence-electron chi connectivity index (χ3n) is 3.58. The van der Waals surface area contributed by atoms with E-state index in [9.17, 15) is 4.79 Å². The molecule has 118 valence electrons. The van der Waals surface area contributed by atoms with Gasteiger partial charge in [0, 0.05) is 12.6 Å². The summed E-state index contributed by atoms with van der Waals surface area (Å²) in [6, 6.07) is 16.5. The highest BCUT2D eigenvalue weighted by atomic mass is 16.5. The van der Waals surface area contributed by atoms with Crippen molar-refractivity contribution in [3.63, 3.8) is 0 Å². The maximum atomic E-state index is 12.2. The van der Waals surface area contributed by atoms with Gasteiger partial charge in [-0.15, -0.1) is 5.10 Å². The zero-order valence-electron chi connectivity index (χ0n) is 13.0. The Kier molecular flexibility index (Phi) is 4.34. The van der Waals surface area contributed by atoms with Crippen molar-refractivity contribution >= 4 is 23.5 Å². The van der Waals surface area contributed by atoms with Crippen LogP contribution in [-0.2, 0) is 4.79 Å². The SMILES string of the molecule is CN1C(=O)/C(=N/N=C\c2ccc(OCC#N)cc2)c2ccccc21. The largest absolute Gasteiger partial charge is 0.479 e. The number of carbonyl (C=O) groups is 1. The van der Waals surface area contributed by atoms with Crippen molar-refractivity contribution in [1.29, 1.82) is 5.26 Å². The molecular weight excluding hydrogens is 304 g/mol. The summed E-state index contributed by atoms with van der Waals surface area (Å²) in [7, 11) is 1.72. The van der Waals surface area contributed by atoms with Crippen molar-refractivity contribution in [2.24, 2.45) is 10.2 Å². The van der Waals surface area contributed by atoms with E-state index in [1.165, 1.54) is 0 Å². The zero-order valence-corrected chi connectivity index (χ0v) is 13.0. The molecule has 0 bridgehead atoms. The molecule has 0 N–H and O–H groups in total. The van der Waals surface area contributed by atoms with E-state index in [1.807, 2.05) is 30.3 Å². The van der Waals surface area contributed by atoms with Crippen LogP contribution in [0.4, 0.5) is 5.69 Å². The summed E-state index contributed by atoms with van der Waals surface area (Å²) >= 11 is 0. The number of para-hydroxylation sites is 1. The minimum absolute atomic E-state index is 0.0100. The highest BCUT2D eigenvalue weighted by molar-refractivity contribution is 6.54. The standard InChI is InChI=1S/C18H14N4O2/c1-22-16-5-3-2-4-15(16)17(18(22)23)21-20-12-13-6-8-14(9-7-13)24-11-10-19/h2-9,12H,11H2,1H3/b20-12-,21-17+. The van der Waals surface area contributed by atoms with Crippen LogP contribution >= 0.6 is 0 Å². The zero-order chi connectivity index (χ0) is 16.9. The van der Waals surface area contributed by atoms with Gasteiger partial charge in [-0.05, 0) is 35.9 Å². The summed E-state index contributed by atoms with van der Waals surface area (Å²) in [6.07, 6.45) is 1.56. The fraction of sp³-hybridized carbons (Fsp3) is 0.111. The van der Waals surface area contributed by atoms with Gasteiger partial charge in [0.2, 0.25) is 0 Å². The number of rotatable bonds is 4. The summed E-state index contributed by atoms with van der Waals surface area (Å²) < 4.78 is 5.18. The molecule has 0 aliphatic carbocycles. The molecule has 6 heteroatoms. The Morgan fingerprint density at radius 3 is 2.71 bits per heavy atom. The fourth-order valence-electron chi connectivity index (χ4n) is 2.37. The summed E-state index contributed by atoms with van der Waals surface area (Å²) in [6.45, 7) is 0.0100. The van der Waals surface area contributed by atoms with Gasteiger partial charge in [-0.25, -0.2) is 0 Å². The molecule has 1 amide bonds. The first-order valence-electron chi connectivity index (χ1n) is 7.29. The molecule has 0 saturated carbocycles. The van der Waals surface area contributed by atoms with Gasteiger partial charge < -0.3 is 9.64 Å². The fourth-order valence-corrected chi connectivity index (χ4v) is 2.37. The van der Waals surface area contributed by atoms with Crippen LogP contribution < -0.4 is 9.64 Å². The van der Waals surface area contributed by atoms with E-state index in [0.717, 1.165) is 16.8 Å². The second-order valence-corrected chi connectivity index (χ2v) is 5.09. The van der Waals surface area contributed by atoms with E-state index in [1.54, 1.807) is 42.4 Å². The predicted molar refractivity (Wildman–Crippen MR) is 91.5 cm³/mol. The Balaban J connectivity index is 1.77. The molecular formula is C18H14N4O2. The summed E-state index contributed by atoms with van der Waals surface area (Å²) in [5.41, 5.74) is 2.76. The number of likely N-dealkylation sites (N-methyl/N-ethyl adjacent to an activating group) is 1. The van der Waals surface area contributed by atoms with Gasteiger partial charge in [0.25, 0.3) is 5.91 Å². The van der Waals surface area contributed by atoms with Gasteiger partial charge in [-0.3, -0.25) is 4.79 Å². The lowest BCUT2D eigenvalue weighted by molar-refractivity contribution is -0.111. The van der Waals surface area contributed by atoms with Crippen molar-refractivity contribution in [2.45, 2.75) is 0 Å². The molecule has 2 aromatic rings. The van der Waals surface area contributed by atoms with E-state index in [2.05, 4.69) is 10.2 Å². The second-order valence-electron chi connectivity index (χ2n) is 5.09. The number of ether oxygens (including phenoxy) is 1. The van der Waals surface area contributed by atoms with Crippen LogP contribution in [0.15, 0.2) is 58.7 Å². The first-order chi connectivity index (χ1) is 11.7. The molecule has 1 aliphatic heterocycles. The molecule has 0 spiro atoms. The molecule has 6 nitrogen and oxygen atoms in total. The number of carbonyl (C=O) groups excluding carboxylic acids is 1. The van der Waals surface area contributed by atoms with Crippen molar-refractivity contribution < 1.29 is 9.53 Å². The van der Waals surface area contributed by atoms with Crippen molar-refractivity contribution in [3.05, 3.63) is 59.7 Å². The van der Waals surface area contributed by atoms with Crippen LogP contribution in [0.5, 0.6) is 5.75 Å². The number of fused-ring (bicyclic) bond motifs is 1. The van der Waals surface area contributed by atoms with Crippen LogP contribution in [0.3, 0.4) is 0 Å².